The van der Waals surface area contributed by atoms with Gasteiger partial charge in [-0.25, -0.2) is 4.39 Å². The molecule has 0 aromatic heterocycles. The summed E-state index contributed by atoms with van der Waals surface area (Å²) in [6.45, 7) is 5.54. The number of carbonyl (C=O) groups excluding carboxylic acids is 1. The number of nitrogens with one attached hydrogen (secondary N) is 2. The summed E-state index contributed by atoms with van der Waals surface area (Å²) < 4.78 is 13.2. The Bertz CT molecular complexity index is 455. The van der Waals surface area contributed by atoms with Crippen molar-refractivity contribution in [3.8, 4) is 0 Å². The van der Waals surface area contributed by atoms with Gasteiger partial charge in [-0.3, -0.25) is 4.79 Å². The molecule has 19 heavy (non-hydrogen) atoms. The molecule has 0 radical (unpaired) electrons. The summed E-state index contributed by atoms with van der Waals surface area (Å²) >= 11 is 0. The lowest BCUT2D eigenvalue weighted by Crippen LogP contribution is -2.43. The zero-order valence-electron chi connectivity index (χ0n) is 11.5. The number of amides is 1. The number of hydrogen-bond acceptors (Lipinski definition) is 2. The molecule has 1 aromatic rings. The fourth-order valence-electron chi connectivity index (χ4n) is 2.61. The van der Waals surface area contributed by atoms with E-state index in [-0.39, 0.29) is 23.2 Å². The molecule has 1 aliphatic heterocycles. The van der Waals surface area contributed by atoms with Gasteiger partial charge < -0.3 is 10.6 Å². The first-order valence-corrected chi connectivity index (χ1v) is 6.84. The van der Waals surface area contributed by atoms with Crippen LogP contribution in [0.15, 0.2) is 24.3 Å². The van der Waals surface area contributed by atoms with Crippen molar-refractivity contribution < 1.29 is 9.18 Å². The van der Waals surface area contributed by atoms with Crippen molar-refractivity contribution in [3.63, 3.8) is 0 Å². The van der Waals surface area contributed by atoms with Crippen LogP contribution >= 0.6 is 0 Å². The fraction of sp³-hybridized carbons (Fsp3) is 0.533. The predicted octanol–water partition coefficient (Wildman–Crippen LogP) is 2.39. The first-order chi connectivity index (χ1) is 9.07. The lowest BCUT2D eigenvalue weighted by molar-refractivity contribution is -0.131. The van der Waals surface area contributed by atoms with E-state index in [1.54, 1.807) is 6.07 Å². The molecular formula is C15H21FN2O. The smallest absolute Gasteiger partial charge is 0.228 e. The summed E-state index contributed by atoms with van der Waals surface area (Å²) in [6, 6.07) is 6.20. The van der Waals surface area contributed by atoms with E-state index in [1.165, 1.54) is 12.1 Å². The molecule has 0 bridgehead atoms. The first kappa shape index (κ1) is 14.0. The molecule has 1 aromatic carbocycles. The Morgan fingerprint density at radius 1 is 1.58 bits per heavy atom. The Morgan fingerprint density at radius 3 is 2.95 bits per heavy atom. The van der Waals surface area contributed by atoms with E-state index >= 15 is 0 Å². The quantitative estimate of drug-likeness (QED) is 0.876. The van der Waals surface area contributed by atoms with Gasteiger partial charge in [0.2, 0.25) is 5.91 Å². The second kappa shape index (κ2) is 5.70. The molecule has 1 aliphatic rings. The highest BCUT2D eigenvalue weighted by Crippen LogP contribution is 2.30. The molecule has 0 spiro atoms. The molecule has 104 valence electrons. The van der Waals surface area contributed by atoms with Gasteiger partial charge in [-0.2, -0.15) is 0 Å². The minimum Gasteiger partial charge on any atom is -0.349 e. The Morgan fingerprint density at radius 2 is 2.37 bits per heavy atom. The summed E-state index contributed by atoms with van der Waals surface area (Å²) in [6.07, 6.45) is 1.69. The molecule has 1 fully saturated rings. The van der Waals surface area contributed by atoms with Gasteiger partial charge in [0, 0.05) is 6.54 Å². The highest BCUT2D eigenvalue weighted by molar-refractivity contribution is 5.83. The van der Waals surface area contributed by atoms with Crippen LogP contribution in [-0.4, -0.2) is 19.0 Å². The van der Waals surface area contributed by atoms with Crippen molar-refractivity contribution in [2.24, 2.45) is 5.41 Å². The predicted molar refractivity (Wildman–Crippen MR) is 73.2 cm³/mol. The van der Waals surface area contributed by atoms with Crippen LogP contribution in [0.1, 0.15) is 38.3 Å². The normalized spacial score (nSPS) is 24.2. The van der Waals surface area contributed by atoms with Crippen molar-refractivity contribution in [2.45, 2.75) is 32.7 Å². The van der Waals surface area contributed by atoms with Crippen LogP contribution in [0.25, 0.3) is 0 Å². The van der Waals surface area contributed by atoms with Crippen molar-refractivity contribution in [3.05, 3.63) is 35.6 Å². The van der Waals surface area contributed by atoms with Crippen LogP contribution in [0, 0.1) is 11.2 Å². The first-order valence-electron chi connectivity index (χ1n) is 6.84. The third kappa shape index (κ3) is 2.95. The van der Waals surface area contributed by atoms with Crippen LogP contribution in [-0.2, 0) is 4.79 Å². The van der Waals surface area contributed by atoms with E-state index in [0.29, 0.717) is 0 Å². The zero-order chi connectivity index (χ0) is 13.9. The number of hydrogen-bond donors (Lipinski definition) is 2. The van der Waals surface area contributed by atoms with E-state index in [1.807, 2.05) is 19.9 Å². The second-order valence-corrected chi connectivity index (χ2v) is 5.31. The minimum absolute atomic E-state index is 0.0664. The molecule has 2 unspecified atom stereocenters. The van der Waals surface area contributed by atoms with Crippen molar-refractivity contribution >= 4 is 5.91 Å². The van der Waals surface area contributed by atoms with Crippen molar-refractivity contribution in [1.29, 1.82) is 0 Å². The molecule has 0 aliphatic carbocycles. The molecule has 1 saturated heterocycles. The van der Waals surface area contributed by atoms with Gasteiger partial charge in [0.05, 0.1) is 11.5 Å². The van der Waals surface area contributed by atoms with Gasteiger partial charge in [-0.1, -0.05) is 19.1 Å². The molecule has 2 atom stereocenters. The minimum atomic E-state index is -0.304. The molecule has 2 rings (SSSR count). The van der Waals surface area contributed by atoms with Gasteiger partial charge in [-0.05, 0) is 44.0 Å². The monoisotopic (exact) mass is 264 g/mol. The lowest BCUT2D eigenvalue weighted by Gasteiger charge is -2.27. The second-order valence-electron chi connectivity index (χ2n) is 5.31. The standard InChI is InChI=1S/C15H21FN2O/c1-3-15(7-8-17-10-15)14(19)18-11(2)12-5-4-6-13(16)9-12/h4-6,9,11,17H,3,7-8,10H2,1-2H3,(H,18,19). The van der Waals surface area contributed by atoms with Crippen LogP contribution in [0.5, 0.6) is 0 Å². The van der Waals surface area contributed by atoms with E-state index in [9.17, 15) is 9.18 Å². The molecule has 0 saturated carbocycles. The summed E-state index contributed by atoms with van der Waals surface area (Å²) in [5.74, 6) is -0.205. The average Bonchev–Trinajstić information content (AvgIpc) is 2.88. The third-order valence-electron chi connectivity index (χ3n) is 4.10. The molecule has 3 nitrogen and oxygen atoms in total. The van der Waals surface area contributed by atoms with Crippen molar-refractivity contribution in [1.82, 2.24) is 10.6 Å². The van der Waals surface area contributed by atoms with Crippen LogP contribution in [0.3, 0.4) is 0 Å². The van der Waals surface area contributed by atoms with Gasteiger partial charge in [0.1, 0.15) is 5.82 Å². The van der Waals surface area contributed by atoms with Crippen LogP contribution < -0.4 is 10.6 Å². The van der Waals surface area contributed by atoms with Gasteiger partial charge in [-0.15, -0.1) is 0 Å². The third-order valence-corrected chi connectivity index (χ3v) is 4.10. The lowest BCUT2D eigenvalue weighted by atomic mass is 9.83. The van der Waals surface area contributed by atoms with Gasteiger partial charge in [0.25, 0.3) is 0 Å². The van der Waals surface area contributed by atoms with Gasteiger partial charge >= 0.3 is 0 Å². The Kier molecular flexibility index (Phi) is 4.20. The van der Waals surface area contributed by atoms with Crippen molar-refractivity contribution in [2.75, 3.05) is 13.1 Å². The number of carbonyl (C=O) groups is 1. The van der Waals surface area contributed by atoms with E-state index in [2.05, 4.69) is 10.6 Å². The molecule has 2 N–H and O–H groups in total. The largest absolute Gasteiger partial charge is 0.349 e. The SMILES string of the molecule is CCC1(C(=O)NC(C)c2cccc(F)c2)CCNC1. The fourth-order valence-corrected chi connectivity index (χ4v) is 2.61. The summed E-state index contributed by atoms with van der Waals surface area (Å²) in [4.78, 5) is 12.4. The Balaban J connectivity index is 2.06. The highest BCUT2D eigenvalue weighted by atomic mass is 19.1. The van der Waals surface area contributed by atoms with E-state index in [0.717, 1.165) is 31.5 Å². The number of rotatable bonds is 4. The molecule has 1 heterocycles. The maximum Gasteiger partial charge on any atom is 0.228 e. The summed E-state index contributed by atoms with van der Waals surface area (Å²) in [5, 5.41) is 6.26. The Labute approximate surface area is 113 Å². The average molecular weight is 264 g/mol. The van der Waals surface area contributed by atoms with Gasteiger partial charge in [0.15, 0.2) is 0 Å². The zero-order valence-corrected chi connectivity index (χ0v) is 11.5. The maximum absolute atomic E-state index is 13.2. The summed E-state index contributed by atoms with van der Waals surface area (Å²) in [5.41, 5.74) is 0.493. The molecule has 1 amide bonds. The highest BCUT2D eigenvalue weighted by Gasteiger charge is 2.39. The van der Waals surface area contributed by atoms with E-state index in [4.69, 9.17) is 0 Å². The summed E-state index contributed by atoms with van der Waals surface area (Å²) in [7, 11) is 0. The topological polar surface area (TPSA) is 41.1 Å². The molecular weight excluding hydrogens is 243 g/mol. The van der Waals surface area contributed by atoms with E-state index < -0.39 is 0 Å². The number of benzene rings is 1. The maximum atomic E-state index is 13.2. The molecule has 4 heteroatoms. The Hall–Kier alpha value is -1.42. The van der Waals surface area contributed by atoms with Crippen LogP contribution in [0.2, 0.25) is 0 Å². The van der Waals surface area contributed by atoms with Crippen LogP contribution in [0.4, 0.5) is 4.39 Å². The number of halogens is 1.